The summed E-state index contributed by atoms with van der Waals surface area (Å²) in [5, 5.41) is 6.40. The van der Waals surface area contributed by atoms with Gasteiger partial charge in [0, 0.05) is 41.3 Å². The highest BCUT2D eigenvalue weighted by atomic mass is 16.5. The number of aromatic nitrogens is 1. The number of guanidine groups is 1. The maximum Gasteiger partial charge on any atom is 0.241 e. The minimum atomic E-state index is -0.00820. The lowest BCUT2D eigenvalue weighted by molar-refractivity contribution is -0.127. The Morgan fingerprint density at radius 1 is 1.26 bits per heavy atom. The van der Waals surface area contributed by atoms with E-state index in [4.69, 9.17) is 4.74 Å². The van der Waals surface area contributed by atoms with Gasteiger partial charge in [0.1, 0.15) is 5.82 Å². The molecule has 0 bridgehead atoms. The van der Waals surface area contributed by atoms with E-state index in [2.05, 4.69) is 20.6 Å². The first-order valence-electron chi connectivity index (χ1n) is 9.43. The number of aliphatic imine (C=N–C) groups is 1. The zero-order valence-electron chi connectivity index (χ0n) is 16.9. The third-order valence-electron chi connectivity index (χ3n) is 4.33. The second kappa shape index (κ2) is 10.7. The molecule has 0 aromatic carbocycles. The lowest BCUT2D eigenvalue weighted by Crippen LogP contribution is -2.45. The maximum absolute atomic E-state index is 11.9. The van der Waals surface area contributed by atoms with Gasteiger partial charge >= 0.3 is 0 Å². The molecule has 1 fully saturated rings. The zero-order valence-corrected chi connectivity index (χ0v) is 16.9. The molecule has 150 valence electrons. The number of carbonyl (C=O) groups excluding carboxylic acids is 1. The van der Waals surface area contributed by atoms with Gasteiger partial charge in [-0.25, -0.2) is 9.98 Å². The van der Waals surface area contributed by atoms with Gasteiger partial charge in [-0.15, -0.1) is 0 Å². The molecular weight excluding hydrogens is 344 g/mol. The Morgan fingerprint density at radius 2 is 2.07 bits per heavy atom. The molecule has 1 aromatic heterocycles. The van der Waals surface area contributed by atoms with Crippen LogP contribution < -0.4 is 15.5 Å². The van der Waals surface area contributed by atoms with Gasteiger partial charge in [0.25, 0.3) is 0 Å². The number of hydrogen-bond acceptors (Lipinski definition) is 5. The molecule has 2 heterocycles. The minimum Gasteiger partial charge on any atom is -0.376 e. The van der Waals surface area contributed by atoms with Crippen LogP contribution in [-0.4, -0.2) is 75.7 Å². The van der Waals surface area contributed by atoms with Crippen molar-refractivity contribution in [2.45, 2.75) is 31.9 Å². The normalized spacial score (nSPS) is 17.3. The number of hydrogen-bond donors (Lipinski definition) is 2. The van der Waals surface area contributed by atoms with Gasteiger partial charge in [-0.1, -0.05) is 6.07 Å². The van der Waals surface area contributed by atoms with Crippen LogP contribution in [0, 0.1) is 0 Å². The van der Waals surface area contributed by atoms with Gasteiger partial charge in [0.05, 0.1) is 24.9 Å². The molecule has 1 saturated heterocycles. The summed E-state index contributed by atoms with van der Waals surface area (Å²) in [6.07, 6.45) is 3.54. The second-order valence-electron chi connectivity index (χ2n) is 7.06. The summed E-state index contributed by atoms with van der Waals surface area (Å²) in [6, 6.07) is 5.88. The van der Waals surface area contributed by atoms with Crippen LogP contribution in [0.5, 0.6) is 0 Å². The average molecular weight is 377 g/mol. The van der Waals surface area contributed by atoms with E-state index in [-0.39, 0.29) is 18.6 Å². The zero-order chi connectivity index (χ0) is 19.6. The molecule has 1 atom stereocenters. The molecule has 0 spiro atoms. The Kier molecular flexibility index (Phi) is 8.32. The van der Waals surface area contributed by atoms with E-state index in [0.717, 1.165) is 31.0 Å². The van der Waals surface area contributed by atoms with Crippen LogP contribution in [0.2, 0.25) is 0 Å². The van der Waals surface area contributed by atoms with Gasteiger partial charge in [0.2, 0.25) is 5.91 Å². The molecule has 1 aliphatic rings. The summed E-state index contributed by atoms with van der Waals surface area (Å²) in [5.74, 6) is 1.48. The Labute approximate surface area is 162 Å². The highest BCUT2D eigenvalue weighted by Crippen LogP contribution is 2.11. The second-order valence-corrected chi connectivity index (χ2v) is 7.06. The van der Waals surface area contributed by atoms with Crippen molar-refractivity contribution < 1.29 is 9.53 Å². The van der Waals surface area contributed by atoms with E-state index >= 15 is 0 Å². The summed E-state index contributed by atoms with van der Waals surface area (Å²) >= 11 is 0. The van der Waals surface area contributed by atoms with Crippen LogP contribution in [0.4, 0.5) is 5.82 Å². The molecule has 1 unspecified atom stereocenters. The lowest BCUT2D eigenvalue weighted by Gasteiger charge is -2.24. The number of ether oxygens (including phenoxy) is 1. The summed E-state index contributed by atoms with van der Waals surface area (Å²) in [5.41, 5.74) is 0.871. The van der Waals surface area contributed by atoms with Crippen LogP contribution in [0.1, 0.15) is 25.0 Å². The van der Waals surface area contributed by atoms with Crippen molar-refractivity contribution in [1.82, 2.24) is 20.5 Å². The lowest BCUT2D eigenvalue weighted by atomic mass is 10.1. The number of amides is 1. The standard InChI is InChI=1S/C19H32N6O2/c1-24(2)17-10-7-8-15(23-17)12-20-19(22-14-18(26)25(3)4)21-13-16-9-5-6-11-27-16/h7-8,10,16H,5-6,9,11-14H2,1-4H3,(H2,20,21,22). The number of nitrogens with zero attached hydrogens (tertiary/aromatic N) is 4. The predicted octanol–water partition coefficient (Wildman–Crippen LogP) is 0.840. The highest BCUT2D eigenvalue weighted by Gasteiger charge is 2.14. The van der Waals surface area contributed by atoms with Gasteiger partial charge < -0.3 is 25.2 Å². The predicted molar refractivity (Wildman–Crippen MR) is 108 cm³/mol. The molecule has 27 heavy (non-hydrogen) atoms. The van der Waals surface area contributed by atoms with Crippen molar-refractivity contribution in [3.05, 3.63) is 23.9 Å². The third-order valence-corrected chi connectivity index (χ3v) is 4.33. The van der Waals surface area contributed by atoms with Crippen LogP contribution in [0.15, 0.2) is 23.2 Å². The number of nitrogens with one attached hydrogen (secondary N) is 2. The SMILES string of the molecule is CN(C)C(=O)CNC(=NCc1cccc(N(C)C)n1)NCC1CCCCO1. The molecule has 2 N–H and O–H groups in total. The summed E-state index contributed by atoms with van der Waals surface area (Å²) in [4.78, 5) is 24.6. The highest BCUT2D eigenvalue weighted by molar-refractivity contribution is 5.86. The van der Waals surface area contributed by atoms with Crippen LogP contribution in [0.25, 0.3) is 0 Å². The fraction of sp³-hybridized carbons (Fsp3) is 0.632. The van der Waals surface area contributed by atoms with Gasteiger partial charge in [-0.3, -0.25) is 4.79 Å². The summed E-state index contributed by atoms with van der Waals surface area (Å²) < 4.78 is 5.76. The van der Waals surface area contributed by atoms with Gasteiger partial charge in [0.15, 0.2) is 5.96 Å². The van der Waals surface area contributed by atoms with Gasteiger partial charge in [-0.2, -0.15) is 0 Å². The molecule has 0 radical (unpaired) electrons. The van der Waals surface area contributed by atoms with E-state index in [9.17, 15) is 4.79 Å². The molecule has 0 saturated carbocycles. The van der Waals surface area contributed by atoms with Crippen molar-refractivity contribution in [3.63, 3.8) is 0 Å². The molecule has 1 aliphatic heterocycles. The minimum absolute atomic E-state index is 0.00820. The van der Waals surface area contributed by atoms with Crippen molar-refractivity contribution in [2.75, 3.05) is 52.8 Å². The number of likely N-dealkylation sites (N-methyl/N-ethyl adjacent to an activating group) is 1. The molecule has 8 heteroatoms. The maximum atomic E-state index is 11.9. The van der Waals surface area contributed by atoms with Crippen LogP contribution >= 0.6 is 0 Å². The van der Waals surface area contributed by atoms with Crippen molar-refractivity contribution >= 4 is 17.7 Å². The number of anilines is 1. The average Bonchev–Trinajstić information content (AvgIpc) is 2.68. The van der Waals surface area contributed by atoms with E-state index in [1.165, 1.54) is 6.42 Å². The topological polar surface area (TPSA) is 82.1 Å². The molecule has 8 nitrogen and oxygen atoms in total. The summed E-state index contributed by atoms with van der Waals surface area (Å²) in [7, 11) is 7.39. The first-order chi connectivity index (χ1) is 13.0. The molecule has 2 rings (SSSR count). The smallest absolute Gasteiger partial charge is 0.241 e. The Morgan fingerprint density at radius 3 is 2.74 bits per heavy atom. The largest absolute Gasteiger partial charge is 0.376 e. The fourth-order valence-electron chi connectivity index (χ4n) is 2.63. The Hall–Kier alpha value is -2.35. The van der Waals surface area contributed by atoms with E-state index in [0.29, 0.717) is 19.0 Å². The molecular formula is C19H32N6O2. The van der Waals surface area contributed by atoms with E-state index in [1.54, 1.807) is 19.0 Å². The first-order valence-corrected chi connectivity index (χ1v) is 9.43. The third kappa shape index (κ3) is 7.42. The Balaban J connectivity index is 1.99. The monoisotopic (exact) mass is 376 g/mol. The summed E-state index contributed by atoms with van der Waals surface area (Å²) in [6.45, 7) is 2.11. The van der Waals surface area contributed by atoms with Crippen molar-refractivity contribution in [2.24, 2.45) is 4.99 Å². The fourth-order valence-corrected chi connectivity index (χ4v) is 2.63. The van der Waals surface area contributed by atoms with Crippen LogP contribution in [-0.2, 0) is 16.1 Å². The first kappa shape index (κ1) is 21.0. The number of pyridine rings is 1. The molecule has 0 aliphatic carbocycles. The van der Waals surface area contributed by atoms with E-state index in [1.807, 2.05) is 37.2 Å². The van der Waals surface area contributed by atoms with Crippen molar-refractivity contribution in [3.8, 4) is 0 Å². The Bertz CT molecular complexity index is 626. The number of rotatable bonds is 7. The van der Waals surface area contributed by atoms with E-state index < -0.39 is 0 Å². The van der Waals surface area contributed by atoms with Crippen molar-refractivity contribution in [1.29, 1.82) is 0 Å². The van der Waals surface area contributed by atoms with Gasteiger partial charge in [-0.05, 0) is 31.4 Å². The quantitative estimate of drug-likeness (QED) is 0.542. The number of carbonyl (C=O) groups is 1. The van der Waals surface area contributed by atoms with Crippen LogP contribution in [0.3, 0.4) is 0 Å². The molecule has 1 amide bonds. The molecule has 1 aromatic rings.